The molecule has 27 heavy (non-hydrogen) atoms. The van der Waals surface area contributed by atoms with Crippen molar-refractivity contribution in [3.63, 3.8) is 0 Å². The quantitative estimate of drug-likeness (QED) is 0.772. The number of anilines is 1. The van der Waals surface area contributed by atoms with Crippen LogP contribution in [0.5, 0.6) is 0 Å². The normalized spacial score (nSPS) is 13.9. The predicted octanol–water partition coefficient (Wildman–Crippen LogP) is 3.60. The summed E-state index contributed by atoms with van der Waals surface area (Å²) >= 11 is 0. The molecule has 4 rings (SSSR count). The molecule has 0 unspecified atom stereocenters. The van der Waals surface area contributed by atoms with Gasteiger partial charge in [0, 0.05) is 48.5 Å². The van der Waals surface area contributed by atoms with Crippen LogP contribution in [0.15, 0.2) is 54.7 Å². The summed E-state index contributed by atoms with van der Waals surface area (Å²) < 4.78 is 2.04. The fourth-order valence-electron chi connectivity index (χ4n) is 3.78. The van der Waals surface area contributed by atoms with Crippen molar-refractivity contribution in [3.05, 3.63) is 65.9 Å². The molecule has 2 aromatic carbocycles. The van der Waals surface area contributed by atoms with E-state index >= 15 is 0 Å². The van der Waals surface area contributed by atoms with E-state index in [4.69, 9.17) is 0 Å². The molecule has 0 radical (unpaired) electrons. The molecule has 0 spiro atoms. The minimum Gasteiger partial charge on any atom is -0.350 e. The molecule has 1 aromatic heterocycles. The van der Waals surface area contributed by atoms with Gasteiger partial charge in [-0.05, 0) is 42.7 Å². The summed E-state index contributed by atoms with van der Waals surface area (Å²) in [4.78, 5) is 27.0. The van der Waals surface area contributed by atoms with Crippen LogP contribution in [-0.2, 0) is 18.3 Å². The van der Waals surface area contributed by atoms with Gasteiger partial charge in [-0.15, -0.1) is 0 Å². The van der Waals surface area contributed by atoms with Crippen molar-refractivity contribution >= 4 is 28.4 Å². The zero-order valence-electron chi connectivity index (χ0n) is 15.4. The SMILES string of the molecule is Cn1cc(CC(=O)Nc2cccc(C(=O)N3CCCC3)c2)c2ccccc21. The molecule has 5 nitrogen and oxygen atoms in total. The highest BCUT2D eigenvalue weighted by molar-refractivity contribution is 5.99. The van der Waals surface area contributed by atoms with Gasteiger partial charge in [0.25, 0.3) is 5.91 Å². The zero-order chi connectivity index (χ0) is 18.8. The highest BCUT2D eigenvalue weighted by Gasteiger charge is 2.19. The zero-order valence-corrected chi connectivity index (χ0v) is 15.4. The maximum Gasteiger partial charge on any atom is 0.253 e. The van der Waals surface area contributed by atoms with E-state index < -0.39 is 0 Å². The van der Waals surface area contributed by atoms with Crippen LogP contribution in [0.3, 0.4) is 0 Å². The van der Waals surface area contributed by atoms with Crippen molar-refractivity contribution in [2.24, 2.45) is 7.05 Å². The van der Waals surface area contributed by atoms with E-state index in [-0.39, 0.29) is 11.8 Å². The van der Waals surface area contributed by atoms with E-state index in [1.165, 1.54) is 0 Å². The number of likely N-dealkylation sites (tertiary alicyclic amines) is 1. The largest absolute Gasteiger partial charge is 0.350 e. The Bertz CT molecular complexity index is 1000. The Balaban J connectivity index is 1.48. The first-order chi connectivity index (χ1) is 13.1. The number of hydrogen-bond acceptors (Lipinski definition) is 2. The van der Waals surface area contributed by atoms with Gasteiger partial charge in [0.15, 0.2) is 0 Å². The summed E-state index contributed by atoms with van der Waals surface area (Å²) in [6.45, 7) is 1.63. The third-order valence-electron chi connectivity index (χ3n) is 5.12. The third-order valence-corrected chi connectivity index (χ3v) is 5.12. The Morgan fingerprint density at radius 3 is 2.63 bits per heavy atom. The topological polar surface area (TPSA) is 54.3 Å². The number of nitrogens with one attached hydrogen (secondary N) is 1. The Morgan fingerprint density at radius 1 is 1.04 bits per heavy atom. The van der Waals surface area contributed by atoms with Crippen molar-refractivity contribution in [2.45, 2.75) is 19.3 Å². The van der Waals surface area contributed by atoms with Gasteiger partial charge in [-0.25, -0.2) is 0 Å². The van der Waals surface area contributed by atoms with Gasteiger partial charge in [-0.2, -0.15) is 0 Å². The highest BCUT2D eigenvalue weighted by Crippen LogP contribution is 2.21. The molecule has 5 heteroatoms. The smallest absolute Gasteiger partial charge is 0.253 e. The van der Waals surface area contributed by atoms with Crippen LogP contribution in [0.25, 0.3) is 10.9 Å². The van der Waals surface area contributed by atoms with Crippen LogP contribution >= 0.6 is 0 Å². The van der Waals surface area contributed by atoms with E-state index in [9.17, 15) is 9.59 Å². The van der Waals surface area contributed by atoms with Gasteiger partial charge in [0.1, 0.15) is 0 Å². The monoisotopic (exact) mass is 361 g/mol. The summed E-state index contributed by atoms with van der Waals surface area (Å²) in [5.74, 6) is -0.0465. The van der Waals surface area contributed by atoms with Gasteiger partial charge in [-0.1, -0.05) is 24.3 Å². The van der Waals surface area contributed by atoms with Crippen LogP contribution < -0.4 is 5.32 Å². The van der Waals surface area contributed by atoms with E-state index in [0.29, 0.717) is 17.7 Å². The van der Waals surface area contributed by atoms with E-state index in [0.717, 1.165) is 42.4 Å². The van der Waals surface area contributed by atoms with Crippen LogP contribution in [0.4, 0.5) is 5.69 Å². The van der Waals surface area contributed by atoms with E-state index in [1.807, 2.05) is 59.1 Å². The summed E-state index contributed by atoms with van der Waals surface area (Å²) in [6, 6.07) is 15.3. The molecule has 0 atom stereocenters. The minimum atomic E-state index is -0.0860. The van der Waals surface area contributed by atoms with Gasteiger partial charge < -0.3 is 14.8 Å². The lowest BCUT2D eigenvalue weighted by molar-refractivity contribution is -0.115. The fraction of sp³-hybridized carbons (Fsp3) is 0.273. The highest BCUT2D eigenvalue weighted by atomic mass is 16.2. The standard InChI is InChI=1S/C22H23N3O2/c1-24-15-17(19-9-2-3-10-20(19)24)14-21(26)23-18-8-6-7-16(13-18)22(27)25-11-4-5-12-25/h2-3,6-10,13,15H,4-5,11-12,14H2,1H3,(H,23,26). The second-order valence-electron chi connectivity index (χ2n) is 7.09. The number of aryl methyl sites for hydroxylation is 1. The number of carbonyl (C=O) groups excluding carboxylic acids is 2. The second-order valence-corrected chi connectivity index (χ2v) is 7.09. The lowest BCUT2D eigenvalue weighted by Gasteiger charge is -2.15. The fourth-order valence-corrected chi connectivity index (χ4v) is 3.78. The molecular weight excluding hydrogens is 338 g/mol. The number of carbonyl (C=O) groups is 2. The first kappa shape index (κ1) is 17.3. The maximum atomic E-state index is 12.6. The summed E-state index contributed by atoms with van der Waals surface area (Å²) in [5, 5.41) is 4.02. The third kappa shape index (κ3) is 3.58. The summed E-state index contributed by atoms with van der Waals surface area (Å²) in [5.41, 5.74) is 3.39. The minimum absolute atomic E-state index is 0.0395. The first-order valence-electron chi connectivity index (χ1n) is 9.34. The van der Waals surface area contributed by atoms with Crippen LogP contribution in [-0.4, -0.2) is 34.4 Å². The first-order valence-corrected chi connectivity index (χ1v) is 9.34. The molecule has 1 aliphatic heterocycles. The van der Waals surface area contributed by atoms with Crippen LogP contribution in [0.1, 0.15) is 28.8 Å². The number of benzene rings is 2. The lowest BCUT2D eigenvalue weighted by Crippen LogP contribution is -2.27. The Kier molecular flexibility index (Phi) is 4.67. The molecular formula is C22H23N3O2. The molecule has 3 aromatic rings. The van der Waals surface area contributed by atoms with Crippen molar-refractivity contribution in [1.29, 1.82) is 0 Å². The molecule has 0 bridgehead atoms. The number of hydrogen-bond donors (Lipinski definition) is 1. The lowest BCUT2D eigenvalue weighted by atomic mass is 10.1. The molecule has 138 valence electrons. The Labute approximate surface area is 158 Å². The number of para-hydroxylation sites is 1. The van der Waals surface area contributed by atoms with E-state index in [2.05, 4.69) is 5.32 Å². The molecule has 1 aliphatic rings. The maximum absolute atomic E-state index is 12.6. The van der Waals surface area contributed by atoms with Crippen molar-refractivity contribution < 1.29 is 9.59 Å². The van der Waals surface area contributed by atoms with Crippen LogP contribution in [0, 0.1) is 0 Å². The van der Waals surface area contributed by atoms with Gasteiger partial charge in [0.2, 0.25) is 5.91 Å². The number of amides is 2. The molecule has 0 saturated carbocycles. The molecule has 1 saturated heterocycles. The molecule has 1 fully saturated rings. The average Bonchev–Trinajstić information content (AvgIpc) is 3.31. The van der Waals surface area contributed by atoms with Crippen molar-refractivity contribution in [3.8, 4) is 0 Å². The van der Waals surface area contributed by atoms with Crippen molar-refractivity contribution in [2.75, 3.05) is 18.4 Å². The van der Waals surface area contributed by atoms with Gasteiger partial charge in [-0.3, -0.25) is 9.59 Å². The second kappa shape index (κ2) is 7.27. The van der Waals surface area contributed by atoms with Gasteiger partial charge in [0.05, 0.1) is 6.42 Å². The Hall–Kier alpha value is -3.08. The Morgan fingerprint density at radius 2 is 1.81 bits per heavy atom. The molecule has 2 heterocycles. The molecule has 0 aliphatic carbocycles. The summed E-state index contributed by atoms with van der Waals surface area (Å²) in [6.07, 6.45) is 4.42. The predicted molar refractivity (Wildman–Crippen MR) is 107 cm³/mol. The molecule has 1 N–H and O–H groups in total. The van der Waals surface area contributed by atoms with Crippen molar-refractivity contribution in [1.82, 2.24) is 9.47 Å². The number of nitrogens with zero attached hydrogens (tertiary/aromatic N) is 2. The van der Waals surface area contributed by atoms with Crippen LogP contribution in [0.2, 0.25) is 0 Å². The number of rotatable bonds is 4. The number of aromatic nitrogens is 1. The summed E-state index contributed by atoms with van der Waals surface area (Å²) in [7, 11) is 1.98. The van der Waals surface area contributed by atoms with E-state index in [1.54, 1.807) is 12.1 Å². The average molecular weight is 361 g/mol. The molecule has 2 amide bonds. The number of fused-ring (bicyclic) bond motifs is 1. The van der Waals surface area contributed by atoms with Gasteiger partial charge >= 0.3 is 0 Å².